The zero-order chi connectivity index (χ0) is 17.1. The van der Waals surface area contributed by atoms with Crippen LogP contribution >= 0.6 is 0 Å². The fourth-order valence-electron chi connectivity index (χ4n) is 2.11. The number of aromatic nitrogens is 4. The SMILES string of the molecule is O=C(O)c1nc(Cc2ccccc2)n(-c2ccc(S(=O)[O-])cn2)n1. The van der Waals surface area contributed by atoms with E-state index in [1.165, 1.54) is 23.0 Å². The van der Waals surface area contributed by atoms with Crippen molar-refractivity contribution in [3.8, 4) is 5.82 Å². The smallest absolute Gasteiger partial charge is 0.375 e. The molecule has 0 aliphatic heterocycles. The predicted octanol–water partition coefficient (Wildman–Crippen LogP) is 1.19. The lowest BCUT2D eigenvalue weighted by Crippen LogP contribution is -2.07. The van der Waals surface area contributed by atoms with Gasteiger partial charge in [0, 0.05) is 17.5 Å². The second kappa shape index (κ2) is 6.69. The highest BCUT2D eigenvalue weighted by Crippen LogP contribution is 2.14. The largest absolute Gasteiger partial charge is 0.768 e. The molecule has 8 nitrogen and oxygen atoms in total. The number of benzene rings is 1. The van der Waals surface area contributed by atoms with E-state index in [-0.39, 0.29) is 16.5 Å². The molecule has 0 saturated heterocycles. The Hall–Kier alpha value is -2.91. The van der Waals surface area contributed by atoms with Crippen LogP contribution < -0.4 is 0 Å². The van der Waals surface area contributed by atoms with Crippen LogP contribution in [0.15, 0.2) is 53.6 Å². The number of carboxylic acids is 1. The van der Waals surface area contributed by atoms with Crippen LogP contribution in [0, 0.1) is 0 Å². The molecule has 2 heterocycles. The molecule has 0 aliphatic carbocycles. The van der Waals surface area contributed by atoms with E-state index < -0.39 is 17.0 Å². The number of nitrogens with zero attached hydrogens (tertiary/aromatic N) is 4. The van der Waals surface area contributed by atoms with E-state index in [0.29, 0.717) is 12.2 Å². The van der Waals surface area contributed by atoms with Crippen molar-refractivity contribution in [3.05, 3.63) is 65.9 Å². The van der Waals surface area contributed by atoms with Crippen molar-refractivity contribution in [2.45, 2.75) is 11.3 Å². The molecule has 0 spiro atoms. The molecule has 1 aromatic carbocycles. The Kier molecular flexibility index (Phi) is 4.45. The van der Waals surface area contributed by atoms with Crippen LogP contribution in [-0.4, -0.2) is 39.6 Å². The van der Waals surface area contributed by atoms with E-state index in [4.69, 9.17) is 5.11 Å². The molecular formula is C15H11N4O4S-. The third-order valence-electron chi connectivity index (χ3n) is 3.20. The first-order chi connectivity index (χ1) is 11.5. The van der Waals surface area contributed by atoms with Gasteiger partial charge in [0.2, 0.25) is 0 Å². The number of pyridine rings is 1. The molecule has 0 bridgehead atoms. The van der Waals surface area contributed by atoms with Gasteiger partial charge in [-0.2, -0.15) is 4.68 Å². The molecule has 0 aliphatic rings. The monoisotopic (exact) mass is 343 g/mol. The topological polar surface area (TPSA) is 121 Å². The predicted molar refractivity (Wildman–Crippen MR) is 82.5 cm³/mol. The first-order valence-corrected chi connectivity index (χ1v) is 7.91. The summed E-state index contributed by atoms with van der Waals surface area (Å²) in [6, 6.07) is 12.2. The summed E-state index contributed by atoms with van der Waals surface area (Å²) in [7, 11) is 0. The first-order valence-electron chi connectivity index (χ1n) is 6.83. The van der Waals surface area contributed by atoms with Crippen LogP contribution in [0.2, 0.25) is 0 Å². The maximum Gasteiger partial charge on any atom is 0.375 e. The van der Waals surface area contributed by atoms with E-state index in [9.17, 15) is 13.6 Å². The third kappa shape index (κ3) is 3.36. The highest BCUT2D eigenvalue weighted by Gasteiger charge is 2.17. The average molecular weight is 343 g/mol. The minimum Gasteiger partial charge on any atom is -0.768 e. The Morgan fingerprint density at radius 1 is 1.21 bits per heavy atom. The maximum absolute atomic E-state index is 11.2. The molecule has 3 aromatic rings. The highest BCUT2D eigenvalue weighted by atomic mass is 32.2. The van der Waals surface area contributed by atoms with E-state index in [0.717, 1.165) is 5.56 Å². The molecule has 0 radical (unpaired) electrons. The number of carboxylic acid groups (broad SMARTS) is 1. The molecule has 0 fully saturated rings. The molecule has 2 aromatic heterocycles. The molecule has 122 valence electrons. The van der Waals surface area contributed by atoms with E-state index in [2.05, 4.69) is 15.1 Å². The number of aromatic carboxylic acids is 1. The lowest BCUT2D eigenvalue weighted by Gasteiger charge is -2.07. The molecule has 1 atom stereocenters. The van der Waals surface area contributed by atoms with Crippen LogP contribution in [0.1, 0.15) is 22.0 Å². The molecule has 3 rings (SSSR count). The molecule has 1 unspecified atom stereocenters. The molecular weight excluding hydrogens is 332 g/mol. The fraction of sp³-hybridized carbons (Fsp3) is 0.0667. The van der Waals surface area contributed by atoms with E-state index in [1.54, 1.807) is 0 Å². The summed E-state index contributed by atoms with van der Waals surface area (Å²) in [5.41, 5.74) is 0.931. The summed E-state index contributed by atoms with van der Waals surface area (Å²) < 4.78 is 23.1. The van der Waals surface area contributed by atoms with Gasteiger partial charge in [0.25, 0.3) is 5.82 Å². The molecule has 1 N–H and O–H groups in total. The summed E-state index contributed by atoms with van der Waals surface area (Å²) in [6.07, 6.45) is 1.53. The Morgan fingerprint density at radius 3 is 2.54 bits per heavy atom. The normalized spacial score (nSPS) is 12.0. The Balaban J connectivity index is 2.02. The Bertz CT molecular complexity index is 894. The Labute approximate surface area is 139 Å². The molecule has 24 heavy (non-hydrogen) atoms. The van der Waals surface area contributed by atoms with E-state index >= 15 is 0 Å². The zero-order valence-electron chi connectivity index (χ0n) is 12.2. The minimum atomic E-state index is -2.38. The van der Waals surface area contributed by atoms with Crippen molar-refractivity contribution >= 4 is 17.0 Å². The molecule has 0 saturated carbocycles. The van der Waals surface area contributed by atoms with Gasteiger partial charge >= 0.3 is 5.97 Å². The van der Waals surface area contributed by atoms with Gasteiger partial charge in [-0.05, 0) is 28.8 Å². The number of rotatable bonds is 5. The zero-order valence-corrected chi connectivity index (χ0v) is 13.0. The number of hydrogen-bond acceptors (Lipinski definition) is 6. The van der Waals surface area contributed by atoms with Crippen molar-refractivity contribution in [1.29, 1.82) is 0 Å². The summed E-state index contributed by atoms with van der Waals surface area (Å²) in [5, 5.41) is 13.1. The quantitative estimate of drug-likeness (QED) is 0.691. The standard InChI is InChI=1S/C15H12N4O4S/c20-15(21)14-17-13(8-10-4-2-1-3-5-10)19(18-14)12-7-6-11(9-16-12)24(22)23/h1-7,9H,8H2,(H,20,21)(H,22,23)/p-1. The van der Waals surface area contributed by atoms with Gasteiger partial charge < -0.3 is 9.66 Å². The lowest BCUT2D eigenvalue weighted by atomic mass is 10.1. The van der Waals surface area contributed by atoms with Gasteiger partial charge in [0.15, 0.2) is 5.82 Å². The first kappa shape index (κ1) is 16.0. The molecule has 0 amide bonds. The Morgan fingerprint density at radius 2 is 1.96 bits per heavy atom. The van der Waals surface area contributed by atoms with Gasteiger partial charge in [-0.25, -0.2) is 14.8 Å². The van der Waals surface area contributed by atoms with Crippen molar-refractivity contribution in [2.75, 3.05) is 0 Å². The van der Waals surface area contributed by atoms with Gasteiger partial charge in [-0.3, -0.25) is 4.21 Å². The fourth-order valence-corrected chi connectivity index (χ4v) is 2.43. The average Bonchev–Trinajstić information content (AvgIpc) is 3.00. The molecule has 9 heteroatoms. The second-order valence-electron chi connectivity index (χ2n) is 4.82. The van der Waals surface area contributed by atoms with Crippen LogP contribution in [0.5, 0.6) is 0 Å². The summed E-state index contributed by atoms with van der Waals surface area (Å²) in [4.78, 5) is 19.2. The van der Waals surface area contributed by atoms with E-state index in [1.807, 2.05) is 30.3 Å². The van der Waals surface area contributed by atoms with Crippen molar-refractivity contribution in [1.82, 2.24) is 19.7 Å². The van der Waals surface area contributed by atoms with Gasteiger partial charge in [0.05, 0.1) is 0 Å². The second-order valence-corrected chi connectivity index (χ2v) is 5.76. The summed E-state index contributed by atoms with van der Waals surface area (Å²) >= 11 is -2.38. The van der Waals surface area contributed by atoms with Gasteiger partial charge in [-0.15, -0.1) is 5.10 Å². The maximum atomic E-state index is 11.2. The van der Waals surface area contributed by atoms with Gasteiger partial charge in [-0.1, -0.05) is 30.3 Å². The van der Waals surface area contributed by atoms with Crippen LogP contribution in [-0.2, 0) is 17.5 Å². The van der Waals surface area contributed by atoms with Crippen molar-refractivity contribution in [3.63, 3.8) is 0 Å². The van der Waals surface area contributed by atoms with Crippen LogP contribution in [0.3, 0.4) is 0 Å². The third-order valence-corrected chi connectivity index (χ3v) is 3.83. The van der Waals surface area contributed by atoms with Crippen LogP contribution in [0.4, 0.5) is 0 Å². The number of carbonyl (C=O) groups is 1. The minimum absolute atomic E-state index is 0.0296. The van der Waals surface area contributed by atoms with Gasteiger partial charge in [0.1, 0.15) is 5.82 Å². The van der Waals surface area contributed by atoms with Crippen LogP contribution in [0.25, 0.3) is 5.82 Å². The highest BCUT2D eigenvalue weighted by molar-refractivity contribution is 7.79. The summed E-state index contributed by atoms with van der Waals surface area (Å²) in [6.45, 7) is 0. The summed E-state index contributed by atoms with van der Waals surface area (Å²) in [5.74, 6) is -0.920. The van der Waals surface area contributed by atoms with Crippen molar-refractivity contribution < 1.29 is 18.7 Å². The number of hydrogen-bond donors (Lipinski definition) is 1. The lowest BCUT2D eigenvalue weighted by molar-refractivity contribution is 0.0683. The van der Waals surface area contributed by atoms with Crippen molar-refractivity contribution in [2.24, 2.45) is 0 Å².